The molecule has 0 aliphatic heterocycles. The smallest absolute Gasteiger partial charge is 0.218 e. The summed E-state index contributed by atoms with van der Waals surface area (Å²) in [5.74, 6) is -0.258. The van der Waals surface area contributed by atoms with Gasteiger partial charge in [0.25, 0.3) is 0 Å². The van der Waals surface area contributed by atoms with E-state index in [2.05, 4.69) is 15.9 Å². The van der Waals surface area contributed by atoms with Crippen LogP contribution >= 0.6 is 27.5 Å². The maximum absolute atomic E-state index is 9.79. The Morgan fingerprint density at radius 2 is 2.13 bits per heavy atom. The number of primary amides is 1. The van der Waals surface area contributed by atoms with Gasteiger partial charge in [0.1, 0.15) is 6.07 Å². The Morgan fingerprint density at radius 1 is 1.53 bits per heavy atom. The highest BCUT2D eigenvalue weighted by molar-refractivity contribution is 9.09. The maximum Gasteiger partial charge on any atom is 0.218 e. The van der Waals surface area contributed by atoms with E-state index in [9.17, 15) is 4.79 Å². The average molecular weight is 290 g/mol. The maximum atomic E-state index is 9.79. The molecule has 0 saturated heterocycles. The van der Waals surface area contributed by atoms with Crippen molar-refractivity contribution in [3.8, 4) is 6.07 Å². The molecule has 5 heteroatoms. The van der Waals surface area contributed by atoms with E-state index in [0.717, 1.165) is 0 Å². The zero-order valence-electron chi connectivity index (χ0n) is 7.91. The van der Waals surface area contributed by atoms with Crippen molar-refractivity contribution in [2.24, 2.45) is 5.73 Å². The summed E-state index contributed by atoms with van der Waals surface area (Å²) in [6, 6.07) is 8.92. The van der Waals surface area contributed by atoms with E-state index in [1.54, 1.807) is 24.3 Å². The van der Waals surface area contributed by atoms with Crippen molar-refractivity contribution in [3.63, 3.8) is 0 Å². The molecule has 0 aliphatic carbocycles. The third-order valence-corrected chi connectivity index (χ3v) is 2.06. The van der Waals surface area contributed by atoms with Gasteiger partial charge in [-0.1, -0.05) is 39.7 Å². The van der Waals surface area contributed by atoms with Crippen molar-refractivity contribution in [2.45, 2.75) is 6.42 Å². The number of nitrogens with two attached hydrogens (primary N) is 1. The fraction of sp³-hybridized carbons (Fsp3) is 0.200. The highest BCUT2D eigenvalue weighted by Crippen LogP contribution is 2.12. The third-order valence-electron chi connectivity index (χ3n) is 1.34. The Hall–Kier alpha value is -1.05. The molecule has 15 heavy (non-hydrogen) atoms. The number of benzene rings is 1. The van der Waals surface area contributed by atoms with Crippen molar-refractivity contribution in [1.82, 2.24) is 0 Å². The average Bonchev–Trinajstić information content (AvgIpc) is 2.19. The highest BCUT2D eigenvalue weighted by atomic mass is 79.9. The normalized spacial score (nSPS) is 8.33. The van der Waals surface area contributed by atoms with Gasteiger partial charge in [-0.3, -0.25) is 4.79 Å². The molecule has 0 saturated carbocycles. The van der Waals surface area contributed by atoms with E-state index >= 15 is 0 Å². The summed E-state index contributed by atoms with van der Waals surface area (Å²) in [7, 11) is 0. The molecule has 0 heterocycles. The van der Waals surface area contributed by atoms with Crippen molar-refractivity contribution < 1.29 is 4.79 Å². The molecule has 80 valence electrons. The number of halogens is 2. The second-order valence-electron chi connectivity index (χ2n) is 2.50. The second-order valence-corrected chi connectivity index (χ2v) is 3.70. The first kappa shape index (κ1) is 13.9. The van der Waals surface area contributed by atoms with Gasteiger partial charge < -0.3 is 5.73 Å². The van der Waals surface area contributed by atoms with Crippen LogP contribution in [0.5, 0.6) is 0 Å². The molecule has 1 aromatic rings. The number of rotatable bonds is 2. The molecule has 1 rings (SSSR count). The van der Waals surface area contributed by atoms with E-state index in [1.807, 2.05) is 6.07 Å². The lowest BCUT2D eigenvalue weighted by molar-refractivity contribution is -0.117. The topological polar surface area (TPSA) is 66.9 Å². The van der Waals surface area contributed by atoms with Crippen LogP contribution in [0.3, 0.4) is 0 Å². The molecule has 0 unspecified atom stereocenters. The molecule has 1 amide bonds. The molecule has 0 bridgehead atoms. The zero-order chi connectivity index (χ0) is 11.7. The van der Waals surface area contributed by atoms with E-state index in [4.69, 9.17) is 22.6 Å². The number of amides is 1. The summed E-state index contributed by atoms with van der Waals surface area (Å²) >= 11 is 8.65. The summed E-state index contributed by atoms with van der Waals surface area (Å²) in [4.78, 5) is 9.79. The molecule has 0 aromatic heterocycles. The number of nitriles is 1. The molecule has 0 spiro atoms. The second kappa shape index (κ2) is 8.27. The first-order chi connectivity index (χ1) is 7.11. The minimum Gasteiger partial charge on any atom is -0.370 e. The van der Waals surface area contributed by atoms with Gasteiger partial charge >= 0.3 is 0 Å². The monoisotopic (exact) mass is 288 g/mol. The predicted octanol–water partition coefficient (Wildman–Crippen LogP) is 2.47. The Bertz CT molecular complexity index is 363. The number of alkyl halides is 1. The first-order valence-corrected chi connectivity index (χ1v) is 5.60. The Morgan fingerprint density at radius 3 is 2.40 bits per heavy atom. The van der Waals surface area contributed by atoms with Crippen LogP contribution in [0.15, 0.2) is 24.3 Å². The van der Waals surface area contributed by atoms with Crippen LogP contribution < -0.4 is 5.73 Å². The van der Waals surface area contributed by atoms with Gasteiger partial charge in [0.2, 0.25) is 5.91 Å². The summed E-state index contributed by atoms with van der Waals surface area (Å²) in [5, 5.41) is 9.57. The molecule has 2 N–H and O–H groups in total. The van der Waals surface area contributed by atoms with Gasteiger partial charge in [0, 0.05) is 11.8 Å². The third kappa shape index (κ3) is 6.95. The van der Waals surface area contributed by atoms with E-state index in [0.29, 0.717) is 22.3 Å². The molecule has 0 atom stereocenters. The van der Waals surface area contributed by atoms with Crippen molar-refractivity contribution in [3.05, 3.63) is 34.9 Å². The quantitative estimate of drug-likeness (QED) is 0.850. The molecule has 0 radical (unpaired) electrons. The molecule has 1 aromatic carbocycles. The summed E-state index contributed by atoms with van der Waals surface area (Å²) in [6.45, 7) is 0. The van der Waals surface area contributed by atoms with Gasteiger partial charge in [-0.25, -0.2) is 0 Å². The minimum atomic E-state index is -0.258. The van der Waals surface area contributed by atoms with Crippen LogP contribution in [-0.2, 0) is 4.79 Å². The Labute approximate surface area is 102 Å². The lowest BCUT2D eigenvalue weighted by atomic mass is 10.2. The minimum absolute atomic E-state index is 0.258. The van der Waals surface area contributed by atoms with Gasteiger partial charge in [0.15, 0.2) is 0 Å². The van der Waals surface area contributed by atoms with Crippen LogP contribution in [0.25, 0.3) is 0 Å². The van der Waals surface area contributed by atoms with Crippen LogP contribution in [0.4, 0.5) is 0 Å². The van der Waals surface area contributed by atoms with Gasteiger partial charge in [-0.2, -0.15) is 5.26 Å². The number of hydrogen-bond acceptors (Lipinski definition) is 2. The molecule has 3 nitrogen and oxygen atoms in total. The SMILES string of the molecule is N#Cc1ccccc1Cl.NC(=O)CCBr. The van der Waals surface area contributed by atoms with E-state index in [1.165, 1.54) is 0 Å². The van der Waals surface area contributed by atoms with Crippen molar-refractivity contribution in [2.75, 3.05) is 5.33 Å². The predicted molar refractivity (Wildman–Crippen MR) is 63.8 cm³/mol. The molecular weight excluding hydrogens is 279 g/mol. The van der Waals surface area contributed by atoms with Gasteiger partial charge in [-0.05, 0) is 12.1 Å². The standard InChI is InChI=1S/C7H4ClN.C3H6BrNO/c8-7-4-2-1-3-6(7)5-9;4-2-1-3(5)6/h1-4H;1-2H2,(H2,5,6). The molecular formula is C10H10BrClN2O. The van der Waals surface area contributed by atoms with Crippen LogP contribution in [0, 0.1) is 11.3 Å². The van der Waals surface area contributed by atoms with Gasteiger partial charge in [0.05, 0.1) is 10.6 Å². The lowest BCUT2D eigenvalue weighted by Crippen LogP contribution is -2.09. The number of hydrogen-bond donors (Lipinski definition) is 1. The van der Waals surface area contributed by atoms with Crippen molar-refractivity contribution in [1.29, 1.82) is 5.26 Å². The van der Waals surface area contributed by atoms with Crippen LogP contribution in [0.2, 0.25) is 5.02 Å². The molecule has 0 fully saturated rings. The van der Waals surface area contributed by atoms with Crippen LogP contribution in [-0.4, -0.2) is 11.2 Å². The Kier molecular flexibility index (Phi) is 7.69. The summed E-state index contributed by atoms with van der Waals surface area (Å²) < 4.78 is 0. The van der Waals surface area contributed by atoms with Gasteiger partial charge in [-0.15, -0.1) is 0 Å². The number of carbonyl (C=O) groups excluding carboxylic acids is 1. The largest absolute Gasteiger partial charge is 0.370 e. The summed E-state index contributed by atoms with van der Waals surface area (Å²) in [5.41, 5.74) is 5.26. The fourth-order valence-corrected chi connectivity index (χ4v) is 1.21. The first-order valence-electron chi connectivity index (χ1n) is 4.10. The van der Waals surface area contributed by atoms with E-state index in [-0.39, 0.29) is 5.91 Å². The highest BCUT2D eigenvalue weighted by Gasteiger charge is 1.92. The summed E-state index contributed by atoms with van der Waals surface area (Å²) in [6.07, 6.45) is 0.431. The molecule has 0 aliphatic rings. The zero-order valence-corrected chi connectivity index (χ0v) is 10.3. The lowest BCUT2D eigenvalue weighted by Gasteiger charge is -1.88. The van der Waals surface area contributed by atoms with Crippen molar-refractivity contribution >= 4 is 33.4 Å². The van der Waals surface area contributed by atoms with Crippen LogP contribution in [0.1, 0.15) is 12.0 Å². The Balaban J connectivity index is 0.000000288. The number of carbonyl (C=O) groups is 1. The van der Waals surface area contributed by atoms with E-state index < -0.39 is 0 Å². The number of nitrogens with zero attached hydrogens (tertiary/aromatic N) is 1. The fourth-order valence-electron chi connectivity index (χ4n) is 0.645.